The number of hydrogen-bond acceptors (Lipinski definition) is 1. The molecule has 3 heteroatoms. The number of allylic oxidation sites excluding steroid dienone is 4. The summed E-state index contributed by atoms with van der Waals surface area (Å²) in [7, 11) is 0. The van der Waals surface area contributed by atoms with Gasteiger partial charge in [-0.25, -0.2) is 8.78 Å². The number of aliphatic hydroxyl groups is 1. The molecule has 22 heavy (non-hydrogen) atoms. The van der Waals surface area contributed by atoms with E-state index in [2.05, 4.69) is 6.92 Å². The third-order valence-corrected chi connectivity index (χ3v) is 6.35. The van der Waals surface area contributed by atoms with E-state index in [-0.39, 0.29) is 12.3 Å². The Hall–Kier alpha value is -0.860. The van der Waals surface area contributed by atoms with Crippen LogP contribution in [0.3, 0.4) is 0 Å². The van der Waals surface area contributed by atoms with E-state index in [1.54, 1.807) is 0 Å². The first kappa shape index (κ1) is 16.0. The molecule has 0 aromatic rings. The monoisotopic (exact) mass is 310 g/mol. The molecule has 0 atom stereocenters. The molecule has 0 aliphatic heterocycles. The Balaban J connectivity index is 1.58. The van der Waals surface area contributed by atoms with Gasteiger partial charge < -0.3 is 5.11 Å². The molecule has 3 aliphatic carbocycles. The molecule has 0 aromatic heterocycles. The van der Waals surface area contributed by atoms with Gasteiger partial charge in [-0.15, -0.1) is 0 Å². The fourth-order valence-corrected chi connectivity index (χ4v) is 4.82. The lowest BCUT2D eigenvalue weighted by Gasteiger charge is -2.38. The molecule has 0 heterocycles. The van der Waals surface area contributed by atoms with Crippen molar-refractivity contribution in [2.24, 2.45) is 23.7 Å². The predicted octanol–water partition coefficient (Wildman–Crippen LogP) is 6.38. The van der Waals surface area contributed by atoms with Gasteiger partial charge in [-0.05, 0) is 74.2 Å². The van der Waals surface area contributed by atoms with Crippen LogP contribution in [0.25, 0.3) is 0 Å². The molecule has 3 rings (SSSR count). The summed E-state index contributed by atoms with van der Waals surface area (Å²) in [6.45, 7) is 2.35. The van der Waals surface area contributed by atoms with Crippen LogP contribution in [0, 0.1) is 23.7 Å². The number of hydrogen-bond donors (Lipinski definition) is 1. The molecular weight excluding hydrogens is 282 g/mol. The zero-order valence-electron chi connectivity index (χ0n) is 13.6. The second kappa shape index (κ2) is 6.72. The minimum absolute atomic E-state index is 0.192. The van der Waals surface area contributed by atoms with Gasteiger partial charge in [0.15, 0.2) is 11.7 Å². The van der Waals surface area contributed by atoms with Gasteiger partial charge in [0.25, 0.3) is 0 Å². The van der Waals surface area contributed by atoms with Crippen molar-refractivity contribution in [3.8, 4) is 0 Å². The maximum Gasteiger partial charge on any atom is 0.196 e. The molecule has 0 spiro atoms. The highest BCUT2D eigenvalue weighted by molar-refractivity contribution is 5.33. The topological polar surface area (TPSA) is 20.2 Å². The first-order chi connectivity index (χ1) is 10.6. The summed E-state index contributed by atoms with van der Waals surface area (Å²) >= 11 is 0. The van der Waals surface area contributed by atoms with Gasteiger partial charge in [0.2, 0.25) is 0 Å². The van der Waals surface area contributed by atoms with Crippen molar-refractivity contribution in [2.75, 3.05) is 0 Å². The molecule has 0 bridgehead atoms. The van der Waals surface area contributed by atoms with E-state index in [1.807, 2.05) is 0 Å². The molecule has 0 radical (unpaired) electrons. The molecule has 2 saturated carbocycles. The van der Waals surface area contributed by atoms with Gasteiger partial charge in [-0.2, -0.15) is 0 Å². The maximum absolute atomic E-state index is 14.1. The molecule has 2 fully saturated rings. The lowest BCUT2D eigenvalue weighted by atomic mass is 9.68. The van der Waals surface area contributed by atoms with E-state index in [0.717, 1.165) is 43.4 Å². The van der Waals surface area contributed by atoms with Crippen molar-refractivity contribution in [2.45, 2.75) is 71.1 Å². The SMILES string of the molecule is CC1CCC(C2CCC(C3=C(F)C(F)=C(O)CC3)CC2)CC1. The van der Waals surface area contributed by atoms with E-state index in [9.17, 15) is 13.9 Å². The third-order valence-electron chi connectivity index (χ3n) is 6.35. The minimum atomic E-state index is -1.01. The molecule has 0 aromatic carbocycles. The summed E-state index contributed by atoms with van der Waals surface area (Å²) in [4.78, 5) is 0. The maximum atomic E-state index is 14.1. The van der Waals surface area contributed by atoms with Crippen LogP contribution in [0.2, 0.25) is 0 Å². The summed E-state index contributed by atoms with van der Waals surface area (Å²) in [5.74, 6) is 0.552. The summed E-state index contributed by atoms with van der Waals surface area (Å²) < 4.78 is 27.6. The van der Waals surface area contributed by atoms with E-state index in [4.69, 9.17) is 0 Å². The molecule has 1 nitrogen and oxygen atoms in total. The quantitative estimate of drug-likeness (QED) is 0.627. The molecule has 1 N–H and O–H groups in total. The Kier molecular flexibility index (Phi) is 4.89. The molecule has 0 unspecified atom stereocenters. The minimum Gasteiger partial charge on any atom is -0.509 e. The fraction of sp³-hybridized carbons (Fsp3) is 0.789. The van der Waals surface area contributed by atoms with Gasteiger partial charge in [0, 0.05) is 6.42 Å². The van der Waals surface area contributed by atoms with E-state index >= 15 is 0 Å². The lowest BCUT2D eigenvalue weighted by molar-refractivity contribution is 0.156. The smallest absolute Gasteiger partial charge is 0.196 e. The molecule has 0 saturated heterocycles. The van der Waals surface area contributed by atoms with Gasteiger partial charge in [0.05, 0.1) is 0 Å². The fourth-order valence-electron chi connectivity index (χ4n) is 4.82. The van der Waals surface area contributed by atoms with Crippen LogP contribution in [0.4, 0.5) is 8.78 Å². The average molecular weight is 310 g/mol. The second-order valence-corrected chi connectivity index (χ2v) is 7.73. The van der Waals surface area contributed by atoms with Gasteiger partial charge in [-0.1, -0.05) is 19.8 Å². The van der Waals surface area contributed by atoms with E-state index in [0.29, 0.717) is 12.0 Å². The largest absolute Gasteiger partial charge is 0.509 e. The highest BCUT2D eigenvalue weighted by Crippen LogP contribution is 2.45. The van der Waals surface area contributed by atoms with Crippen LogP contribution in [0.5, 0.6) is 0 Å². The summed E-state index contributed by atoms with van der Waals surface area (Å²) in [5.41, 5.74) is 0.631. The second-order valence-electron chi connectivity index (χ2n) is 7.73. The van der Waals surface area contributed by atoms with Crippen molar-refractivity contribution < 1.29 is 13.9 Å². The van der Waals surface area contributed by atoms with E-state index < -0.39 is 17.4 Å². The number of aliphatic hydroxyl groups excluding tert-OH is 1. The average Bonchev–Trinajstić information content (AvgIpc) is 2.54. The van der Waals surface area contributed by atoms with Crippen molar-refractivity contribution in [3.05, 3.63) is 23.0 Å². The zero-order chi connectivity index (χ0) is 15.7. The zero-order valence-corrected chi connectivity index (χ0v) is 13.6. The highest BCUT2D eigenvalue weighted by Gasteiger charge is 2.33. The molecule has 0 amide bonds. The van der Waals surface area contributed by atoms with Crippen molar-refractivity contribution >= 4 is 0 Å². The predicted molar refractivity (Wildman–Crippen MR) is 84.7 cm³/mol. The Bertz CT molecular complexity index is 464. The first-order valence-electron chi connectivity index (χ1n) is 9.02. The summed E-state index contributed by atoms with van der Waals surface area (Å²) in [6, 6.07) is 0. The Morgan fingerprint density at radius 3 is 1.91 bits per heavy atom. The van der Waals surface area contributed by atoms with Gasteiger partial charge >= 0.3 is 0 Å². The normalized spacial score (nSPS) is 37.6. The van der Waals surface area contributed by atoms with Crippen molar-refractivity contribution in [1.29, 1.82) is 0 Å². The van der Waals surface area contributed by atoms with Crippen LogP contribution >= 0.6 is 0 Å². The van der Waals surface area contributed by atoms with Gasteiger partial charge in [-0.3, -0.25) is 0 Å². The van der Waals surface area contributed by atoms with Crippen LogP contribution in [-0.4, -0.2) is 5.11 Å². The van der Waals surface area contributed by atoms with Crippen LogP contribution in [0.1, 0.15) is 71.1 Å². The summed E-state index contributed by atoms with van der Waals surface area (Å²) in [6.07, 6.45) is 10.5. The number of rotatable bonds is 2. The third kappa shape index (κ3) is 3.23. The van der Waals surface area contributed by atoms with E-state index in [1.165, 1.54) is 25.7 Å². The Morgan fingerprint density at radius 2 is 1.32 bits per heavy atom. The van der Waals surface area contributed by atoms with Gasteiger partial charge in [0.1, 0.15) is 5.76 Å². The van der Waals surface area contributed by atoms with Crippen LogP contribution < -0.4 is 0 Å². The molecular formula is C19H28F2O. The lowest BCUT2D eigenvalue weighted by Crippen LogP contribution is -2.26. The first-order valence-corrected chi connectivity index (χ1v) is 9.02. The summed E-state index contributed by atoms with van der Waals surface area (Å²) in [5, 5.41) is 9.33. The number of halogens is 2. The van der Waals surface area contributed by atoms with Crippen LogP contribution in [0.15, 0.2) is 23.0 Å². The highest BCUT2D eigenvalue weighted by atomic mass is 19.2. The molecule has 124 valence electrons. The molecule has 3 aliphatic rings. The Morgan fingerprint density at radius 1 is 0.773 bits per heavy atom. The standard InChI is InChI=1S/C19H28F2O/c1-12-2-4-13(5-3-12)14-6-8-15(9-7-14)16-10-11-17(22)19(21)18(16)20/h12-15,22H,2-11H2,1H3. The Labute approximate surface area is 132 Å². The van der Waals surface area contributed by atoms with Crippen LogP contribution in [-0.2, 0) is 0 Å². The van der Waals surface area contributed by atoms with Crippen molar-refractivity contribution in [3.63, 3.8) is 0 Å². The van der Waals surface area contributed by atoms with Crippen molar-refractivity contribution in [1.82, 2.24) is 0 Å².